The summed E-state index contributed by atoms with van der Waals surface area (Å²) >= 11 is 0. The summed E-state index contributed by atoms with van der Waals surface area (Å²) in [4.78, 5) is 27.0. The smallest absolute Gasteiger partial charge is 0.253 e. The highest BCUT2D eigenvalue weighted by molar-refractivity contribution is 5.95. The number of carbonyl (C=O) groups excluding carboxylic acids is 2. The van der Waals surface area contributed by atoms with Crippen molar-refractivity contribution in [3.8, 4) is 5.75 Å². The zero-order valence-electron chi connectivity index (χ0n) is 29.6. The van der Waals surface area contributed by atoms with Gasteiger partial charge in [-0.1, -0.05) is 71.3 Å². The highest BCUT2D eigenvalue weighted by Gasteiger charge is 2.59. The maximum absolute atomic E-state index is 16.1. The summed E-state index contributed by atoms with van der Waals surface area (Å²) in [6.07, 6.45) is 13.8. The van der Waals surface area contributed by atoms with Crippen LogP contribution in [0.25, 0.3) is 0 Å². The summed E-state index contributed by atoms with van der Waals surface area (Å²) in [6, 6.07) is 12.7. The molecule has 2 amide bonds. The number of unbranched alkanes of at least 4 members (excludes halogenated alkanes) is 8. The SMILES string of the molecule is CCCCCCCCN(CCCCCC[C@@H]1Cc2cc(O)ccc2[C@@H]2[C@@H]1[C@@H]1CC[C@H](O)[C@@]1(C)C[C@@H]2F)C(=O)c1ccc(NC(C)=O)cc1. The van der Waals surface area contributed by atoms with E-state index >= 15 is 4.39 Å². The summed E-state index contributed by atoms with van der Waals surface area (Å²) < 4.78 is 16.1. The van der Waals surface area contributed by atoms with Crippen LogP contribution in [0.2, 0.25) is 0 Å². The first kappa shape index (κ1) is 36.4. The van der Waals surface area contributed by atoms with Gasteiger partial charge in [0.05, 0.1) is 6.10 Å². The van der Waals surface area contributed by atoms with Crippen molar-refractivity contribution in [2.75, 3.05) is 18.4 Å². The number of fused-ring (bicyclic) bond motifs is 5. The van der Waals surface area contributed by atoms with Crippen LogP contribution in [-0.2, 0) is 11.2 Å². The lowest BCUT2D eigenvalue weighted by Gasteiger charge is -2.54. The van der Waals surface area contributed by atoms with Crippen LogP contribution < -0.4 is 5.32 Å². The lowest BCUT2D eigenvalue weighted by molar-refractivity contribution is -0.114. The number of nitrogens with zero attached hydrogens (tertiary/aromatic N) is 1. The predicted molar refractivity (Wildman–Crippen MR) is 191 cm³/mol. The zero-order valence-corrected chi connectivity index (χ0v) is 29.6. The molecule has 0 aliphatic heterocycles. The molecule has 264 valence electrons. The summed E-state index contributed by atoms with van der Waals surface area (Å²) in [5.74, 6) is 0.892. The predicted octanol–water partition coefficient (Wildman–Crippen LogP) is 9.20. The normalized spacial score (nSPS) is 27.5. The molecule has 0 spiro atoms. The van der Waals surface area contributed by atoms with E-state index in [1.54, 1.807) is 30.3 Å². The van der Waals surface area contributed by atoms with E-state index < -0.39 is 12.3 Å². The van der Waals surface area contributed by atoms with Gasteiger partial charge in [0, 0.05) is 37.2 Å². The Morgan fingerprint density at radius 3 is 2.29 bits per heavy atom. The average Bonchev–Trinajstić information content (AvgIpc) is 3.35. The fourth-order valence-corrected chi connectivity index (χ4v) is 9.58. The number of hydrogen-bond acceptors (Lipinski definition) is 4. The maximum Gasteiger partial charge on any atom is 0.253 e. The van der Waals surface area contributed by atoms with E-state index in [4.69, 9.17) is 0 Å². The topological polar surface area (TPSA) is 89.9 Å². The number of carbonyl (C=O) groups is 2. The Labute approximate surface area is 287 Å². The minimum atomic E-state index is -0.980. The van der Waals surface area contributed by atoms with Gasteiger partial charge < -0.3 is 20.4 Å². The van der Waals surface area contributed by atoms with Crippen LogP contribution in [0.5, 0.6) is 5.75 Å². The standard InChI is InChI=1S/C41H59FN2O4/c1-4-5-6-7-9-12-23-44(40(48)29-15-17-32(18-16-29)43-28(2)45)24-13-10-8-11-14-30-25-31-26-33(46)19-20-34(31)39-36(42)27-41(3)35(38(30)39)21-22-37(41)47/h15-20,26,30,35-39,46-47H,4-14,21-25,27H2,1-3H3,(H,43,45)/t30-,35+,36+,37+,38+,39+,41+/m1/s1. The highest BCUT2D eigenvalue weighted by atomic mass is 19.1. The fourth-order valence-electron chi connectivity index (χ4n) is 9.58. The van der Waals surface area contributed by atoms with Crippen molar-refractivity contribution in [1.29, 1.82) is 0 Å². The number of aliphatic hydroxyl groups excluding tert-OH is 1. The first-order valence-corrected chi connectivity index (χ1v) is 18.9. The third kappa shape index (κ3) is 8.43. The molecule has 2 aromatic carbocycles. The second-order valence-corrected chi connectivity index (χ2v) is 15.4. The van der Waals surface area contributed by atoms with Gasteiger partial charge in [-0.3, -0.25) is 9.59 Å². The molecule has 2 saturated carbocycles. The van der Waals surface area contributed by atoms with Crippen molar-refractivity contribution in [3.05, 3.63) is 59.2 Å². The second kappa shape index (κ2) is 16.7. The molecule has 0 unspecified atom stereocenters. The van der Waals surface area contributed by atoms with E-state index in [0.29, 0.717) is 29.5 Å². The molecule has 3 aliphatic carbocycles. The van der Waals surface area contributed by atoms with Crippen LogP contribution in [0, 0.1) is 23.2 Å². The number of amides is 2. The van der Waals surface area contributed by atoms with Crippen LogP contribution in [0.3, 0.4) is 0 Å². The molecular formula is C41H59FN2O4. The summed E-state index contributed by atoms with van der Waals surface area (Å²) in [5.41, 5.74) is 3.15. The van der Waals surface area contributed by atoms with Crippen molar-refractivity contribution in [2.24, 2.45) is 23.2 Å². The number of nitrogens with one attached hydrogen (secondary N) is 1. The maximum atomic E-state index is 16.1. The number of phenols is 1. The first-order valence-electron chi connectivity index (χ1n) is 18.9. The van der Waals surface area contributed by atoms with E-state index in [2.05, 4.69) is 19.2 Å². The van der Waals surface area contributed by atoms with E-state index in [-0.39, 0.29) is 34.8 Å². The Hall–Kier alpha value is -2.93. The molecule has 0 bridgehead atoms. The molecular weight excluding hydrogens is 603 g/mol. The van der Waals surface area contributed by atoms with Crippen molar-refractivity contribution in [1.82, 2.24) is 4.90 Å². The fraction of sp³-hybridized carbons (Fsp3) is 0.659. The van der Waals surface area contributed by atoms with Crippen LogP contribution in [-0.4, -0.2) is 52.3 Å². The average molecular weight is 663 g/mol. The summed E-state index contributed by atoms with van der Waals surface area (Å²) in [7, 11) is 0. The summed E-state index contributed by atoms with van der Waals surface area (Å²) in [6.45, 7) is 7.30. The molecule has 7 atom stereocenters. The van der Waals surface area contributed by atoms with Gasteiger partial charge in [-0.15, -0.1) is 0 Å². The lowest BCUT2D eigenvalue weighted by atomic mass is 9.51. The molecule has 0 aromatic heterocycles. The van der Waals surface area contributed by atoms with E-state index in [1.807, 2.05) is 17.0 Å². The zero-order chi connectivity index (χ0) is 34.3. The van der Waals surface area contributed by atoms with Gasteiger partial charge in [-0.2, -0.15) is 0 Å². The molecule has 3 N–H and O–H groups in total. The van der Waals surface area contributed by atoms with Gasteiger partial charge >= 0.3 is 0 Å². The van der Waals surface area contributed by atoms with Crippen molar-refractivity contribution in [3.63, 3.8) is 0 Å². The van der Waals surface area contributed by atoms with Gasteiger partial charge in [0.15, 0.2) is 0 Å². The molecule has 0 heterocycles. The van der Waals surface area contributed by atoms with Gasteiger partial charge in [0.1, 0.15) is 11.9 Å². The van der Waals surface area contributed by atoms with E-state index in [9.17, 15) is 19.8 Å². The van der Waals surface area contributed by atoms with Gasteiger partial charge in [0.25, 0.3) is 5.91 Å². The minimum Gasteiger partial charge on any atom is -0.508 e. The minimum absolute atomic E-state index is 0.0490. The monoisotopic (exact) mass is 662 g/mol. The van der Waals surface area contributed by atoms with Gasteiger partial charge in [0.2, 0.25) is 5.91 Å². The van der Waals surface area contributed by atoms with Gasteiger partial charge in [-0.25, -0.2) is 4.39 Å². The molecule has 2 aromatic rings. The van der Waals surface area contributed by atoms with Crippen molar-refractivity contribution < 1.29 is 24.2 Å². The molecule has 2 fully saturated rings. The Bertz CT molecular complexity index is 1360. The number of alkyl halides is 1. The number of aromatic hydroxyl groups is 1. The Kier molecular flexibility index (Phi) is 12.6. The lowest BCUT2D eigenvalue weighted by Crippen LogP contribution is -2.51. The van der Waals surface area contributed by atoms with Crippen LogP contribution in [0.1, 0.15) is 138 Å². The molecule has 0 saturated heterocycles. The third-order valence-electron chi connectivity index (χ3n) is 12.0. The highest BCUT2D eigenvalue weighted by Crippen LogP contribution is 2.63. The number of benzene rings is 2. The molecule has 3 aliphatic rings. The largest absolute Gasteiger partial charge is 0.508 e. The number of rotatable bonds is 16. The number of aliphatic hydroxyl groups is 1. The van der Waals surface area contributed by atoms with Crippen molar-refractivity contribution in [2.45, 2.75) is 135 Å². The van der Waals surface area contributed by atoms with Crippen LogP contribution in [0.15, 0.2) is 42.5 Å². The number of halogens is 1. The Morgan fingerprint density at radius 2 is 1.60 bits per heavy atom. The van der Waals surface area contributed by atoms with Crippen LogP contribution in [0.4, 0.5) is 10.1 Å². The first-order chi connectivity index (χ1) is 23.1. The third-order valence-corrected chi connectivity index (χ3v) is 12.0. The molecule has 48 heavy (non-hydrogen) atoms. The Balaban J connectivity index is 1.17. The number of phenolic OH excluding ortho intramolecular Hbond substituents is 1. The molecule has 5 rings (SSSR count). The Morgan fingerprint density at radius 1 is 0.938 bits per heavy atom. The molecule has 7 heteroatoms. The van der Waals surface area contributed by atoms with Gasteiger partial charge in [-0.05, 0) is 116 Å². The van der Waals surface area contributed by atoms with E-state index in [1.165, 1.54) is 32.6 Å². The molecule has 6 nitrogen and oxygen atoms in total. The number of anilines is 1. The second-order valence-electron chi connectivity index (χ2n) is 15.4. The number of hydrogen-bond donors (Lipinski definition) is 3. The summed E-state index contributed by atoms with van der Waals surface area (Å²) in [5, 5.41) is 24.0. The van der Waals surface area contributed by atoms with Crippen LogP contribution >= 0.6 is 0 Å². The van der Waals surface area contributed by atoms with Crippen molar-refractivity contribution >= 4 is 17.5 Å². The molecule has 0 radical (unpaired) electrons. The van der Waals surface area contributed by atoms with E-state index in [0.717, 1.165) is 88.4 Å². The quantitative estimate of drug-likeness (QED) is 0.156.